The molecule has 0 saturated heterocycles. The van der Waals surface area contributed by atoms with Crippen molar-refractivity contribution in [2.45, 2.75) is 13.3 Å². The van der Waals surface area contributed by atoms with E-state index >= 15 is 0 Å². The van der Waals surface area contributed by atoms with Crippen molar-refractivity contribution in [2.75, 3.05) is 19.5 Å². The number of rotatable bonds is 5. The highest BCUT2D eigenvalue weighted by molar-refractivity contribution is 5.88. The highest BCUT2D eigenvalue weighted by Gasteiger charge is 2.13. The second-order valence-corrected chi connectivity index (χ2v) is 3.88. The summed E-state index contributed by atoms with van der Waals surface area (Å²) < 4.78 is 15.7. The number of hydrogen-bond acceptors (Lipinski definition) is 6. The molecule has 7 nitrogen and oxygen atoms in total. The molecule has 20 heavy (non-hydrogen) atoms. The van der Waals surface area contributed by atoms with Crippen LogP contribution in [0.2, 0.25) is 0 Å². The number of amides is 1. The zero-order valence-electron chi connectivity index (χ0n) is 11.5. The quantitative estimate of drug-likeness (QED) is 0.900. The van der Waals surface area contributed by atoms with E-state index < -0.39 is 0 Å². The maximum absolute atomic E-state index is 11.2. The van der Waals surface area contributed by atoms with E-state index in [1.165, 1.54) is 0 Å². The highest BCUT2D eigenvalue weighted by Crippen LogP contribution is 2.32. The van der Waals surface area contributed by atoms with Gasteiger partial charge in [-0.2, -0.15) is 0 Å². The van der Waals surface area contributed by atoms with Gasteiger partial charge in [-0.1, -0.05) is 12.0 Å². The minimum absolute atomic E-state index is 0.0710. The smallest absolute Gasteiger partial charge is 0.322 e. The van der Waals surface area contributed by atoms with Crippen LogP contribution in [0, 0.1) is 0 Å². The molecule has 2 rings (SSSR count). The van der Waals surface area contributed by atoms with Gasteiger partial charge < -0.3 is 13.9 Å². The molecule has 7 heteroatoms. The molecule has 0 aliphatic carbocycles. The number of ether oxygens (including phenoxy) is 2. The van der Waals surface area contributed by atoms with Crippen molar-refractivity contribution in [2.24, 2.45) is 0 Å². The van der Waals surface area contributed by atoms with Crippen LogP contribution in [0.15, 0.2) is 22.6 Å². The first kappa shape index (κ1) is 13.9. The second kappa shape index (κ2) is 6.05. The number of nitrogens with one attached hydrogen (secondary N) is 1. The van der Waals surface area contributed by atoms with Gasteiger partial charge in [0.25, 0.3) is 0 Å². The summed E-state index contributed by atoms with van der Waals surface area (Å²) in [4.78, 5) is 11.2. The summed E-state index contributed by atoms with van der Waals surface area (Å²) >= 11 is 0. The maximum atomic E-state index is 11.2. The molecule has 0 spiro atoms. The van der Waals surface area contributed by atoms with Gasteiger partial charge in [0.2, 0.25) is 11.8 Å². The van der Waals surface area contributed by atoms with Gasteiger partial charge in [-0.25, -0.2) is 0 Å². The Hall–Kier alpha value is -2.57. The van der Waals surface area contributed by atoms with E-state index in [-0.39, 0.29) is 17.8 Å². The van der Waals surface area contributed by atoms with Crippen LogP contribution < -0.4 is 14.8 Å². The first-order chi connectivity index (χ1) is 9.67. The molecule has 0 aliphatic heterocycles. The predicted octanol–water partition coefficient (Wildman–Crippen LogP) is 2.10. The van der Waals surface area contributed by atoms with Crippen molar-refractivity contribution in [3.63, 3.8) is 0 Å². The van der Waals surface area contributed by atoms with E-state index in [0.29, 0.717) is 23.5 Å². The highest BCUT2D eigenvalue weighted by atomic mass is 16.5. The number of carbonyl (C=O) groups is 1. The average Bonchev–Trinajstić information content (AvgIpc) is 2.94. The van der Waals surface area contributed by atoms with E-state index in [1.54, 1.807) is 39.3 Å². The first-order valence-corrected chi connectivity index (χ1v) is 6.03. The van der Waals surface area contributed by atoms with E-state index in [0.717, 1.165) is 0 Å². The van der Waals surface area contributed by atoms with Crippen molar-refractivity contribution >= 4 is 11.9 Å². The van der Waals surface area contributed by atoms with Gasteiger partial charge in [0.1, 0.15) is 0 Å². The van der Waals surface area contributed by atoms with Crippen LogP contribution in [0.4, 0.5) is 6.01 Å². The SMILES string of the molecule is CCC(=O)Nc1nnc(-c2ccc(OC)c(OC)c2)o1. The summed E-state index contributed by atoms with van der Waals surface area (Å²) in [5.74, 6) is 1.27. The molecule has 0 radical (unpaired) electrons. The summed E-state index contributed by atoms with van der Waals surface area (Å²) in [6, 6.07) is 5.29. The number of methoxy groups -OCH3 is 2. The molecule has 1 aromatic heterocycles. The van der Waals surface area contributed by atoms with Crippen LogP contribution in [-0.4, -0.2) is 30.3 Å². The Labute approximate surface area is 115 Å². The lowest BCUT2D eigenvalue weighted by atomic mass is 10.2. The Morgan fingerprint density at radius 2 is 2.00 bits per heavy atom. The minimum Gasteiger partial charge on any atom is -0.493 e. The largest absolute Gasteiger partial charge is 0.493 e. The second-order valence-electron chi connectivity index (χ2n) is 3.88. The fraction of sp³-hybridized carbons (Fsp3) is 0.308. The maximum Gasteiger partial charge on any atom is 0.322 e. The number of aromatic nitrogens is 2. The van der Waals surface area contributed by atoms with Crippen molar-refractivity contribution in [3.8, 4) is 23.0 Å². The number of hydrogen-bond donors (Lipinski definition) is 1. The summed E-state index contributed by atoms with van der Waals surface area (Å²) in [7, 11) is 3.10. The molecule has 0 unspecified atom stereocenters. The fourth-order valence-electron chi connectivity index (χ4n) is 1.57. The lowest BCUT2D eigenvalue weighted by Gasteiger charge is -2.07. The van der Waals surface area contributed by atoms with Crippen LogP contribution in [0.5, 0.6) is 11.5 Å². The van der Waals surface area contributed by atoms with Crippen LogP contribution in [0.25, 0.3) is 11.5 Å². The van der Waals surface area contributed by atoms with Gasteiger partial charge in [-0.15, -0.1) is 5.10 Å². The molecule has 2 aromatic rings. The normalized spacial score (nSPS) is 10.2. The van der Waals surface area contributed by atoms with Crippen LogP contribution in [0.1, 0.15) is 13.3 Å². The Morgan fingerprint density at radius 1 is 1.25 bits per heavy atom. The van der Waals surface area contributed by atoms with E-state index in [1.807, 2.05) is 0 Å². The average molecular weight is 277 g/mol. The number of carbonyl (C=O) groups excluding carboxylic acids is 1. The monoisotopic (exact) mass is 277 g/mol. The molecule has 1 heterocycles. The summed E-state index contributed by atoms with van der Waals surface area (Å²) in [6.45, 7) is 1.74. The van der Waals surface area contributed by atoms with Gasteiger partial charge in [0.15, 0.2) is 11.5 Å². The Bertz CT molecular complexity index is 609. The summed E-state index contributed by atoms with van der Waals surface area (Å²) in [5, 5.41) is 10.1. The van der Waals surface area contributed by atoms with Gasteiger partial charge in [-0.3, -0.25) is 10.1 Å². The topological polar surface area (TPSA) is 86.5 Å². The van der Waals surface area contributed by atoms with Crippen molar-refractivity contribution < 1.29 is 18.7 Å². The zero-order valence-corrected chi connectivity index (χ0v) is 11.5. The molecule has 0 saturated carbocycles. The van der Waals surface area contributed by atoms with Crippen LogP contribution in [0.3, 0.4) is 0 Å². The fourth-order valence-corrected chi connectivity index (χ4v) is 1.57. The lowest BCUT2D eigenvalue weighted by Crippen LogP contribution is -2.09. The van der Waals surface area contributed by atoms with Crippen LogP contribution >= 0.6 is 0 Å². The third kappa shape index (κ3) is 2.87. The molecule has 0 fully saturated rings. The standard InChI is InChI=1S/C13H15N3O4/c1-4-11(17)14-13-16-15-12(20-13)8-5-6-9(18-2)10(7-8)19-3/h5-7H,4H2,1-3H3,(H,14,16,17). The molecule has 1 N–H and O–H groups in total. The molecule has 106 valence electrons. The van der Waals surface area contributed by atoms with Gasteiger partial charge in [0.05, 0.1) is 14.2 Å². The minimum atomic E-state index is -0.187. The zero-order chi connectivity index (χ0) is 14.5. The van der Waals surface area contributed by atoms with E-state index in [2.05, 4.69) is 15.5 Å². The molecular weight excluding hydrogens is 262 g/mol. The predicted molar refractivity (Wildman–Crippen MR) is 71.8 cm³/mol. The Balaban J connectivity index is 2.25. The molecule has 0 aliphatic rings. The molecule has 0 atom stereocenters. The number of benzene rings is 1. The first-order valence-electron chi connectivity index (χ1n) is 6.03. The van der Waals surface area contributed by atoms with Gasteiger partial charge >= 0.3 is 6.01 Å². The molecule has 1 aromatic carbocycles. The summed E-state index contributed by atoms with van der Waals surface area (Å²) in [6.07, 6.45) is 0.341. The lowest BCUT2D eigenvalue weighted by molar-refractivity contribution is -0.116. The Morgan fingerprint density at radius 3 is 2.65 bits per heavy atom. The molecular formula is C13H15N3O4. The van der Waals surface area contributed by atoms with Gasteiger partial charge in [0, 0.05) is 12.0 Å². The van der Waals surface area contributed by atoms with Crippen LogP contribution in [-0.2, 0) is 4.79 Å². The third-order valence-electron chi connectivity index (χ3n) is 2.62. The van der Waals surface area contributed by atoms with Gasteiger partial charge in [-0.05, 0) is 18.2 Å². The summed E-state index contributed by atoms with van der Waals surface area (Å²) in [5.41, 5.74) is 0.673. The molecule has 1 amide bonds. The Kier molecular flexibility index (Phi) is 4.19. The number of anilines is 1. The third-order valence-corrected chi connectivity index (χ3v) is 2.62. The molecule has 0 bridgehead atoms. The van der Waals surface area contributed by atoms with Crippen molar-refractivity contribution in [3.05, 3.63) is 18.2 Å². The van der Waals surface area contributed by atoms with Crippen molar-refractivity contribution in [1.29, 1.82) is 0 Å². The van der Waals surface area contributed by atoms with Crippen molar-refractivity contribution in [1.82, 2.24) is 10.2 Å². The van der Waals surface area contributed by atoms with E-state index in [9.17, 15) is 4.79 Å². The number of nitrogens with zero attached hydrogens (tertiary/aromatic N) is 2. The van der Waals surface area contributed by atoms with E-state index in [4.69, 9.17) is 13.9 Å².